The summed E-state index contributed by atoms with van der Waals surface area (Å²) < 4.78 is 17.8. The average molecular weight is 215 g/mol. The molecular weight excluding hydrogens is 207 g/mol. The van der Waals surface area contributed by atoms with Crippen LogP contribution in [0.15, 0.2) is 24.3 Å². The highest BCUT2D eigenvalue weighted by Gasteiger charge is 2.01. The van der Waals surface area contributed by atoms with Gasteiger partial charge in [-0.25, -0.2) is 4.39 Å². The number of ether oxygens (including phenoxy) is 1. The van der Waals surface area contributed by atoms with Gasteiger partial charge in [-0.3, -0.25) is 4.79 Å². The fourth-order valence-electron chi connectivity index (χ4n) is 0.948. The summed E-state index contributed by atoms with van der Waals surface area (Å²) in [6.45, 7) is 0. The van der Waals surface area contributed by atoms with Crippen LogP contribution in [0.4, 0.5) is 4.39 Å². The molecule has 0 aliphatic carbocycles. The van der Waals surface area contributed by atoms with Gasteiger partial charge in [-0.15, -0.1) is 0 Å². The topological polar surface area (TPSA) is 26.3 Å². The first kappa shape index (κ1) is 10.7. The van der Waals surface area contributed by atoms with Crippen LogP contribution in [0, 0.1) is 5.82 Å². The van der Waals surface area contributed by atoms with Gasteiger partial charge in [-0.2, -0.15) is 0 Å². The fraction of sp³-hybridized carbons (Fsp3) is 0.100. The third-order valence-electron chi connectivity index (χ3n) is 1.58. The second-order valence-corrected chi connectivity index (χ2v) is 2.90. The van der Waals surface area contributed by atoms with Gasteiger partial charge in [0.2, 0.25) is 5.24 Å². The third-order valence-corrected chi connectivity index (χ3v) is 1.71. The van der Waals surface area contributed by atoms with E-state index in [0.717, 1.165) is 6.08 Å². The van der Waals surface area contributed by atoms with Crippen molar-refractivity contribution in [3.8, 4) is 5.75 Å². The van der Waals surface area contributed by atoms with Gasteiger partial charge in [0.1, 0.15) is 0 Å². The van der Waals surface area contributed by atoms with Crippen LogP contribution in [0.5, 0.6) is 5.75 Å². The average Bonchev–Trinajstić information content (AvgIpc) is 2.15. The lowest BCUT2D eigenvalue weighted by Crippen LogP contribution is -1.88. The molecule has 0 aliphatic rings. The van der Waals surface area contributed by atoms with E-state index in [4.69, 9.17) is 16.3 Å². The minimum Gasteiger partial charge on any atom is -0.494 e. The summed E-state index contributed by atoms with van der Waals surface area (Å²) in [5, 5.41) is -0.596. The second kappa shape index (κ2) is 4.77. The molecule has 1 aromatic carbocycles. The van der Waals surface area contributed by atoms with Crippen molar-refractivity contribution in [1.82, 2.24) is 0 Å². The maximum atomic E-state index is 13.1. The highest BCUT2D eigenvalue weighted by molar-refractivity contribution is 6.66. The Morgan fingerprint density at radius 1 is 1.57 bits per heavy atom. The smallest absolute Gasteiger partial charge is 0.245 e. The van der Waals surface area contributed by atoms with Crippen molar-refractivity contribution < 1.29 is 13.9 Å². The van der Waals surface area contributed by atoms with E-state index in [0.29, 0.717) is 5.56 Å². The molecular formula is C10H8ClFO2. The number of carbonyl (C=O) groups excluding carboxylic acids is 1. The first-order chi connectivity index (χ1) is 6.63. The maximum Gasteiger partial charge on any atom is 0.245 e. The van der Waals surface area contributed by atoms with Crippen LogP contribution < -0.4 is 4.74 Å². The van der Waals surface area contributed by atoms with Gasteiger partial charge in [0.25, 0.3) is 0 Å². The molecule has 0 unspecified atom stereocenters. The van der Waals surface area contributed by atoms with Crippen molar-refractivity contribution >= 4 is 22.9 Å². The predicted molar refractivity (Wildman–Crippen MR) is 52.8 cm³/mol. The maximum absolute atomic E-state index is 13.1. The third kappa shape index (κ3) is 2.85. The SMILES string of the molecule is COc1ccc(C=CC(=O)Cl)cc1F. The Morgan fingerprint density at radius 2 is 2.29 bits per heavy atom. The minimum absolute atomic E-state index is 0.166. The summed E-state index contributed by atoms with van der Waals surface area (Å²) in [5.41, 5.74) is 0.553. The van der Waals surface area contributed by atoms with Gasteiger partial charge < -0.3 is 4.74 Å². The first-order valence-corrected chi connectivity index (χ1v) is 4.22. The van der Waals surface area contributed by atoms with E-state index in [1.54, 1.807) is 6.07 Å². The summed E-state index contributed by atoms with van der Waals surface area (Å²) >= 11 is 5.08. The van der Waals surface area contributed by atoms with Gasteiger partial charge in [-0.05, 0) is 35.4 Å². The molecule has 0 atom stereocenters. The quantitative estimate of drug-likeness (QED) is 0.571. The fourth-order valence-corrected chi connectivity index (χ4v) is 1.01. The standard InChI is InChI=1S/C10H8ClFO2/c1-14-9-4-2-7(6-8(9)12)3-5-10(11)13/h2-6H,1H3. The number of carbonyl (C=O) groups is 1. The van der Waals surface area contributed by atoms with Crippen molar-refractivity contribution in [3.05, 3.63) is 35.7 Å². The Morgan fingerprint density at radius 3 is 2.79 bits per heavy atom. The zero-order chi connectivity index (χ0) is 10.6. The largest absolute Gasteiger partial charge is 0.494 e. The van der Waals surface area contributed by atoms with E-state index in [2.05, 4.69) is 0 Å². The van der Waals surface area contributed by atoms with Crippen LogP contribution in [-0.2, 0) is 4.79 Å². The van der Waals surface area contributed by atoms with E-state index >= 15 is 0 Å². The molecule has 0 fully saturated rings. The normalized spacial score (nSPS) is 10.5. The molecule has 4 heteroatoms. The molecule has 0 saturated heterocycles. The lowest BCUT2D eigenvalue weighted by Gasteiger charge is -2.01. The van der Waals surface area contributed by atoms with Crippen LogP contribution in [0.1, 0.15) is 5.56 Å². The molecule has 0 aromatic heterocycles. The van der Waals surface area contributed by atoms with Crippen LogP contribution in [0.3, 0.4) is 0 Å². The van der Waals surface area contributed by atoms with Gasteiger partial charge in [0.15, 0.2) is 11.6 Å². The van der Waals surface area contributed by atoms with E-state index in [9.17, 15) is 9.18 Å². The van der Waals surface area contributed by atoms with Gasteiger partial charge in [0.05, 0.1) is 7.11 Å². The van der Waals surface area contributed by atoms with Crippen molar-refractivity contribution in [2.75, 3.05) is 7.11 Å². The molecule has 14 heavy (non-hydrogen) atoms. The van der Waals surface area contributed by atoms with E-state index in [1.165, 1.54) is 25.3 Å². The number of methoxy groups -OCH3 is 1. The molecule has 0 spiro atoms. The Bertz CT molecular complexity index is 374. The molecule has 74 valence electrons. The molecule has 0 amide bonds. The molecule has 0 N–H and O–H groups in total. The highest BCUT2D eigenvalue weighted by atomic mass is 35.5. The van der Waals surface area contributed by atoms with Crippen LogP contribution in [-0.4, -0.2) is 12.4 Å². The van der Waals surface area contributed by atoms with Crippen molar-refractivity contribution in [2.24, 2.45) is 0 Å². The van der Waals surface area contributed by atoms with Crippen LogP contribution >= 0.6 is 11.6 Å². The molecule has 0 bridgehead atoms. The van der Waals surface area contributed by atoms with Crippen molar-refractivity contribution in [3.63, 3.8) is 0 Å². The molecule has 0 aliphatic heterocycles. The molecule has 0 radical (unpaired) electrons. The molecule has 2 nitrogen and oxygen atoms in total. The molecule has 1 rings (SSSR count). The minimum atomic E-state index is -0.596. The van der Waals surface area contributed by atoms with E-state index < -0.39 is 11.1 Å². The molecule has 1 aromatic rings. The summed E-state index contributed by atoms with van der Waals surface area (Å²) in [6.07, 6.45) is 2.58. The number of hydrogen-bond acceptors (Lipinski definition) is 2. The van der Waals surface area contributed by atoms with Crippen LogP contribution in [0.2, 0.25) is 0 Å². The predicted octanol–water partition coefficient (Wildman–Crippen LogP) is 2.61. The zero-order valence-electron chi connectivity index (χ0n) is 7.46. The van der Waals surface area contributed by atoms with E-state index in [1.807, 2.05) is 0 Å². The lowest BCUT2D eigenvalue weighted by atomic mass is 10.2. The number of allylic oxidation sites excluding steroid dienone is 1. The van der Waals surface area contributed by atoms with Crippen LogP contribution in [0.25, 0.3) is 6.08 Å². The zero-order valence-corrected chi connectivity index (χ0v) is 8.22. The Kier molecular flexibility index (Phi) is 3.65. The Labute approximate surface area is 85.9 Å². The number of rotatable bonds is 3. The van der Waals surface area contributed by atoms with Crippen molar-refractivity contribution in [2.45, 2.75) is 0 Å². The Hall–Kier alpha value is -1.35. The summed E-state index contributed by atoms with van der Waals surface area (Å²) in [7, 11) is 1.39. The van der Waals surface area contributed by atoms with Crippen molar-refractivity contribution in [1.29, 1.82) is 0 Å². The second-order valence-electron chi connectivity index (χ2n) is 2.53. The Balaban J connectivity index is 2.91. The van der Waals surface area contributed by atoms with Gasteiger partial charge in [0, 0.05) is 0 Å². The first-order valence-electron chi connectivity index (χ1n) is 3.84. The lowest BCUT2D eigenvalue weighted by molar-refractivity contribution is -0.107. The summed E-state index contributed by atoms with van der Waals surface area (Å²) in [5.74, 6) is -0.309. The van der Waals surface area contributed by atoms with Gasteiger partial charge >= 0.3 is 0 Å². The number of hydrogen-bond donors (Lipinski definition) is 0. The summed E-state index contributed by atoms with van der Waals surface area (Å²) in [4.78, 5) is 10.4. The monoisotopic (exact) mass is 214 g/mol. The van der Waals surface area contributed by atoms with Gasteiger partial charge in [-0.1, -0.05) is 12.1 Å². The highest BCUT2D eigenvalue weighted by Crippen LogP contribution is 2.18. The summed E-state index contributed by atoms with van der Waals surface area (Å²) in [6, 6.07) is 4.36. The van der Waals surface area contributed by atoms with E-state index in [-0.39, 0.29) is 5.75 Å². The number of benzene rings is 1. The number of halogens is 2. The molecule has 0 heterocycles. The molecule has 0 saturated carbocycles.